The first kappa shape index (κ1) is 17.1. The van der Waals surface area contributed by atoms with Gasteiger partial charge in [-0.1, -0.05) is 19.1 Å². The van der Waals surface area contributed by atoms with E-state index in [2.05, 4.69) is 23.6 Å². The molecule has 1 aliphatic rings. The maximum Gasteiger partial charge on any atom is 0.165 e. The highest BCUT2D eigenvalue weighted by molar-refractivity contribution is 5.46. The number of benzene rings is 1. The molecule has 1 heterocycles. The quantitative estimate of drug-likeness (QED) is 0.646. The maximum absolute atomic E-state index is 9.82. The minimum atomic E-state index is -0.252. The summed E-state index contributed by atoms with van der Waals surface area (Å²) in [5, 5.41) is 16.4. The smallest absolute Gasteiger partial charge is 0.165 e. The molecule has 0 bridgehead atoms. The molecule has 1 fully saturated rings. The zero-order valence-electron chi connectivity index (χ0n) is 13.6. The van der Waals surface area contributed by atoms with E-state index in [1.165, 1.54) is 0 Å². The van der Waals surface area contributed by atoms with Crippen LogP contribution in [0.1, 0.15) is 25.8 Å². The number of hydrogen-bond acceptors (Lipinski definition) is 5. The van der Waals surface area contributed by atoms with Crippen LogP contribution in [0.2, 0.25) is 0 Å². The van der Waals surface area contributed by atoms with Gasteiger partial charge in [-0.25, -0.2) is 0 Å². The van der Waals surface area contributed by atoms with Crippen LogP contribution in [-0.4, -0.2) is 44.1 Å². The van der Waals surface area contributed by atoms with E-state index in [4.69, 9.17) is 9.47 Å². The first-order valence-corrected chi connectivity index (χ1v) is 8.23. The monoisotopic (exact) mass is 308 g/mol. The van der Waals surface area contributed by atoms with E-state index in [-0.39, 0.29) is 12.0 Å². The molecule has 0 radical (unpaired) electrons. The summed E-state index contributed by atoms with van der Waals surface area (Å²) >= 11 is 0. The minimum absolute atomic E-state index is 0.252. The summed E-state index contributed by atoms with van der Waals surface area (Å²) in [7, 11) is 0. The van der Waals surface area contributed by atoms with Gasteiger partial charge in [0.15, 0.2) is 11.5 Å². The zero-order valence-corrected chi connectivity index (χ0v) is 13.6. The number of hydrogen-bond donors (Lipinski definition) is 3. The van der Waals surface area contributed by atoms with Crippen LogP contribution < -0.4 is 20.1 Å². The second kappa shape index (κ2) is 8.98. The predicted molar refractivity (Wildman–Crippen MR) is 87.5 cm³/mol. The Morgan fingerprint density at radius 2 is 2.14 bits per heavy atom. The Hall–Kier alpha value is -1.30. The van der Waals surface area contributed by atoms with Crippen LogP contribution in [0.25, 0.3) is 0 Å². The maximum atomic E-state index is 9.82. The first-order chi connectivity index (χ1) is 10.8. The summed E-state index contributed by atoms with van der Waals surface area (Å²) < 4.78 is 11.6. The van der Waals surface area contributed by atoms with Crippen LogP contribution in [0.3, 0.4) is 0 Å². The number of nitrogens with one attached hydrogen (secondary N) is 2. The summed E-state index contributed by atoms with van der Waals surface area (Å²) in [5.41, 5.74) is 1.10. The van der Waals surface area contributed by atoms with E-state index >= 15 is 0 Å². The fourth-order valence-electron chi connectivity index (χ4n) is 2.66. The highest BCUT2D eigenvalue weighted by Crippen LogP contribution is 2.31. The van der Waals surface area contributed by atoms with Crippen molar-refractivity contribution in [3.05, 3.63) is 23.8 Å². The Morgan fingerprint density at radius 3 is 2.82 bits per heavy atom. The van der Waals surface area contributed by atoms with E-state index in [0.29, 0.717) is 26.3 Å². The molecule has 2 atom stereocenters. The lowest BCUT2D eigenvalue weighted by molar-refractivity contribution is 0.146. The molecule has 1 aromatic rings. The van der Waals surface area contributed by atoms with E-state index < -0.39 is 0 Å². The molecule has 5 nitrogen and oxygen atoms in total. The Balaban J connectivity index is 1.97. The Morgan fingerprint density at radius 1 is 1.27 bits per heavy atom. The first-order valence-electron chi connectivity index (χ1n) is 8.23. The second-order valence-electron chi connectivity index (χ2n) is 5.64. The van der Waals surface area contributed by atoms with Gasteiger partial charge < -0.3 is 25.2 Å². The highest BCUT2D eigenvalue weighted by atomic mass is 16.5. The average Bonchev–Trinajstić information content (AvgIpc) is 2.92. The van der Waals surface area contributed by atoms with Crippen molar-refractivity contribution >= 4 is 0 Å². The van der Waals surface area contributed by atoms with Crippen molar-refractivity contribution in [2.24, 2.45) is 5.92 Å². The molecule has 0 aliphatic carbocycles. The lowest BCUT2D eigenvalue weighted by Gasteiger charge is -2.18. The molecule has 1 aromatic carbocycles. The number of aliphatic hydroxyl groups is 1. The van der Waals surface area contributed by atoms with Crippen molar-refractivity contribution in [1.29, 1.82) is 0 Å². The molecule has 0 saturated carbocycles. The van der Waals surface area contributed by atoms with Gasteiger partial charge in [0.25, 0.3) is 0 Å². The molecular formula is C17H28N2O3. The van der Waals surface area contributed by atoms with Crippen molar-refractivity contribution in [3.8, 4) is 11.5 Å². The topological polar surface area (TPSA) is 62.8 Å². The molecule has 22 heavy (non-hydrogen) atoms. The van der Waals surface area contributed by atoms with E-state index in [1.807, 2.05) is 19.1 Å². The number of β-amino-alcohol motifs (C(OH)–C–C–N with tert-alkyl or cyclic N) is 1. The van der Waals surface area contributed by atoms with E-state index in [9.17, 15) is 5.11 Å². The Labute approximate surface area is 133 Å². The summed E-state index contributed by atoms with van der Waals surface area (Å²) in [6.45, 7) is 8.44. The molecule has 1 aliphatic heterocycles. The third-order valence-corrected chi connectivity index (χ3v) is 3.84. The van der Waals surface area contributed by atoms with Crippen LogP contribution in [-0.2, 0) is 6.54 Å². The number of ether oxygens (including phenoxy) is 2. The molecular weight excluding hydrogens is 280 g/mol. The van der Waals surface area contributed by atoms with E-state index in [1.54, 1.807) is 0 Å². The van der Waals surface area contributed by atoms with Crippen LogP contribution in [0.5, 0.6) is 11.5 Å². The van der Waals surface area contributed by atoms with Crippen molar-refractivity contribution < 1.29 is 14.6 Å². The van der Waals surface area contributed by atoms with Gasteiger partial charge in [-0.05, 0) is 19.4 Å². The predicted octanol–water partition coefficient (Wildman–Crippen LogP) is 1.54. The summed E-state index contributed by atoms with van der Waals surface area (Å²) in [5.74, 6) is 1.91. The average molecular weight is 308 g/mol. The van der Waals surface area contributed by atoms with Gasteiger partial charge in [0.2, 0.25) is 0 Å². The normalized spacial score (nSPS) is 21.0. The largest absolute Gasteiger partial charge is 0.490 e. The summed E-state index contributed by atoms with van der Waals surface area (Å²) in [6, 6.07) is 6.00. The fraction of sp³-hybridized carbons (Fsp3) is 0.647. The number of aliphatic hydroxyl groups excluding tert-OH is 1. The Bertz CT molecular complexity index is 454. The van der Waals surface area contributed by atoms with Gasteiger partial charge in [0.1, 0.15) is 0 Å². The molecule has 5 heteroatoms. The lowest BCUT2D eigenvalue weighted by atomic mass is 10.1. The van der Waals surface area contributed by atoms with Crippen molar-refractivity contribution in [3.63, 3.8) is 0 Å². The molecule has 0 aromatic heterocycles. The molecule has 124 valence electrons. The minimum Gasteiger partial charge on any atom is -0.490 e. The zero-order chi connectivity index (χ0) is 15.8. The summed E-state index contributed by atoms with van der Waals surface area (Å²) in [4.78, 5) is 0. The van der Waals surface area contributed by atoms with Crippen LogP contribution in [0.15, 0.2) is 18.2 Å². The van der Waals surface area contributed by atoms with Crippen molar-refractivity contribution in [2.45, 2.75) is 32.9 Å². The van der Waals surface area contributed by atoms with Gasteiger partial charge in [-0.2, -0.15) is 0 Å². The van der Waals surface area contributed by atoms with Gasteiger partial charge >= 0.3 is 0 Å². The van der Waals surface area contributed by atoms with Crippen LogP contribution >= 0.6 is 0 Å². The molecule has 3 N–H and O–H groups in total. The number of para-hydroxylation sites is 1. The van der Waals surface area contributed by atoms with E-state index in [0.717, 1.165) is 36.6 Å². The fourth-order valence-corrected chi connectivity index (χ4v) is 2.66. The standard InChI is InChI=1S/C17H28N2O3/c1-3-8-22-17-13(6-5-7-16(17)21-4-2)9-18-10-14-11-19-12-15(14)20/h5-7,14-15,18-20H,3-4,8-12H2,1-2H3. The highest BCUT2D eigenvalue weighted by Gasteiger charge is 2.24. The van der Waals surface area contributed by atoms with Gasteiger partial charge in [-0.15, -0.1) is 0 Å². The molecule has 2 unspecified atom stereocenters. The van der Waals surface area contributed by atoms with Crippen LogP contribution in [0.4, 0.5) is 0 Å². The third-order valence-electron chi connectivity index (χ3n) is 3.84. The van der Waals surface area contributed by atoms with Crippen molar-refractivity contribution in [2.75, 3.05) is 32.8 Å². The third kappa shape index (κ3) is 4.60. The van der Waals surface area contributed by atoms with Crippen molar-refractivity contribution in [1.82, 2.24) is 10.6 Å². The van der Waals surface area contributed by atoms with Gasteiger partial charge in [0.05, 0.1) is 19.3 Å². The molecule has 1 saturated heterocycles. The van der Waals surface area contributed by atoms with Gasteiger partial charge in [0, 0.05) is 37.7 Å². The Kier molecular flexibility index (Phi) is 6.96. The molecule has 2 rings (SSSR count). The molecule has 0 amide bonds. The van der Waals surface area contributed by atoms with Crippen LogP contribution in [0, 0.1) is 5.92 Å². The number of rotatable bonds is 9. The second-order valence-corrected chi connectivity index (χ2v) is 5.64. The van der Waals surface area contributed by atoms with Gasteiger partial charge in [-0.3, -0.25) is 0 Å². The SMILES string of the molecule is CCCOc1c(CNCC2CNCC2O)cccc1OCC. The molecule has 0 spiro atoms. The lowest BCUT2D eigenvalue weighted by Crippen LogP contribution is -2.30. The summed E-state index contributed by atoms with van der Waals surface area (Å²) in [6.07, 6.45) is 0.714.